The molecule has 1 aliphatic rings. The Balaban J connectivity index is 1.68. The number of hydrogen-bond donors (Lipinski definition) is 1. The Bertz CT molecular complexity index is 1100. The Kier molecular flexibility index (Phi) is 6.40. The lowest BCUT2D eigenvalue weighted by atomic mass is 9.97. The molecular formula is C19H17F6N3O3S. The van der Waals surface area contributed by atoms with Gasteiger partial charge in [0, 0.05) is 25.2 Å². The topological polar surface area (TPSA) is 79.4 Å². The molecule has 13 heteroatoms. The highest BCUT2D eigenvalue weighted by molar-refractivity contribution is 7.92. The number of halogens is 6. The van der Waals surface area contributed by atoms with Crippen LogP contribution in [0.4, 0.5) is 37.7 Å². The van der Waals surface area contributed by atoms with E-state index in [1.807, 2.05) is 0 Å². The number of carbonyl (C=O) groups excluding carboxylic acids is 1. The fourth-order valence-corrected chi connectivity index (χ4v) is 3.90. The third-order valence-corrected chi connectivity index (χ3v) is 6.34. The van der Waals surface area contributed by atoms with Gasteiger partial charge in [0.2, 0.25) is 15.7 Å². The summed E-state index contributed by atoms with van der Waals surface area (Å²) < 4.78 is 97.6. The van der Waals surface area contributed by atoms with Crippen molar-refractivity contribution in [3.63, 3.8) is 0 Å². The molecule has 0 fully saturated rings. The minimum atomic E-state index is -5.41. The van der Waals surface area contributed by atoms with Gasteiger partial charge in [-0.15, -0.1) is 0 Å². The summed E-state index contributed by atoms with van der Waals surface area (Å²) in [6.45, 7) is 0.225. The second-order valence-corrected chi connectivity index (χ2v) is 9.18. The van der Waals surface area contributed by atoms with Crippen molar-refractivity contribution in [3.8, 4) is 0 Å². The Morgan fingerprint density at radius 2 is 1.81 bits per heavy atom. The van der Waals surface area contributed by atoms with Crippen LogP contribution in [-0.2, 0) is 33.8 Å². The van der Waals surface area contributed by atoms with E-state index in [4.69, 9.17) is 0 Å². The number of carbonyl (C=O) groups is 1. The van der Waals surface area contributed by atoms with Crippen LogP contribution in [0.15, 0.2) is 36.5 Å². The molecule has 32 heavy (non-hydrogen) atoms. The smallest absolute Gasteiger partial charge is 0.354 e. The van der Waals surface area contributed by atoms with E-state index in [0.717, 1.165) is 17.8 Å². The van der Waals surface area contributed by atoms with E-state index in [9.17, 15) is 39.6 Å². The normalized spacial score (nSPS) is 14.8. The van der Waals surface area contributed by atoms with Gasteiger partial charge in [0.05, 0.1) is 17.6 Å². The summed E-state index contributed by atoms with van der Waals surface area (Å²) in [5, 5.41) is 2.98. The number of rotatable bonds is 5. The van der Waals surface area contributed by atoms with Gasteiger partial charge >= 0.3 is 11.7 Å². The number of fused-ring (bicyclic) bond motifs is 1. The molecule has 6 nitrogen and oxygen atoms in total. The van der Waals surface area contributed by atoms with Gasteiger partial charge in [-0.25, -0.2) is 13.4 Å². The first kappa shape index (κ1) is 23.8. The van der Waals surface area contributed by atoms with E-state index in [1.54, 1.807) is 18.2 Å². The number of nitrogens with one attached hydrogen (secondary N) is 1. The summed E-state index contributed by atoms with van der Waals surface area (Å²) in [6.07, 6.45) is -3.97. The number of pyridine rings is 1. The molecule has 0 radical (unpaired) electrons. The van der Waals surface area contributed by atoms with Crippen molar-refractivity contribution in [3.05, 3.63) is 53.3 Å². The quantitative estimate of drug-likeness (QED) is 0.652. The Labute approximate surface area is 179 Å². The number of anilines is 2. The highest BCUT2D eigenvalue weighted by atomic mass is 32.2. The van der Waals surface area contributed by atoms with Crippen LogP contribution in [0.3, 0.4) is 0 Å². The van der Waals surface area contributed by atoms with Crippen molar-refractivity contribution in [1.29, 1.82) is 0 Å². The third-order valence-electron chi connectivity index (χ3n) is 4.89. The first-order valence-electron chi connectivity index (χ1n) is 9.26. The van der Waals surface area contributed by atoms with E-state index in [-0.39, 0.29) is 13.1 Å². The van der Waals surface area contributed by atoms with Crippen molar-refractivity contribution in [2.24, 2.45) is 0 Å². The molecule has 1 aromatic carbocycles. The number of sulfone groups is 1. The van der Waals surface area contributed by atoms with Crippen molar-refractivity contribution in [2.45, 2.75) is 31.1 Å². The van der Waals surface area contributed by atoms with Crippen LogP contribution in [0.1, 0.15) is 23.2 Å². The summed E-state index contributed by atoms with van der Waals surface area (Å²) in [6, 6.07) is 7.13. The molecule has 3 rings (SSSR count). The fourth-order valence-electron chi connectivity index (χ4n) is 3.23. The van der Waals surface area contributed by atoms with Crippen LogP contribution in [0.5, 0.6) is 0 Å². The lowest BCUT2D eigenvalue weighted by Gasteiger charge is -2.30. The number of hydrogen-bond acceptors (Lipinski definition) is 5. The monoisotopic (exact) mass is 481 g/mol. The summed E-state index contributed by atoms with van der Waals surface area (Å²) in [7, 11) is -5.38. The van der Waals surface area contributed by atoms with Crippen LogP contribution in [0.25, 0.3) is 0 Å². The second kappa shape index (κ2) is 8.60. The molecule has 1 aliphatic heterocycles. The zero-order valence-electron chi connectivity index (χ0n) is 16.3. The van der Waals surface area contributed by atoms with Crippen molar-refractivity contribution in [1.82, 2.24) is 9.88 Å². The zero-order valence-corrected chi connectivity index (χ0v) is 17.1. The molecule has 0 saturated carbocycles. The van der Waals surface area contributed by atoms with E-state index in [1.165, 1.54) is 11.0 Å². The zero-order chi connectivity index (χ0) is 23.7. The summed E-state index contributed by atoms with van der Waals surface area (Å²) in [5.74, 6) is -2.03. The van der Waals surface area contributed by atoms with Gasteiger partial charge in [0.25, 0.3) is 0 Å². The molecular weight excluding hydrogens is 464 g/mol. The highest BCUT2D eigenvalue weighted by Gasteiger charge is 2.45. The Morgan fingerprint density at radius 3 is 2.41 bits per heavy atom. The molecule has 0 aliphatic carbocycles. The molecule has 0 unspecified atom stereocenters. The van der Waals surface area contributed by atoms with Crippen molar-refractivity contribution in [2.75, 3.05) is 17.6 Å². The molecule has 1 amide bonds. The Hall–Kier alpha value is -2.83. The van der Waals surface area contributed by atoms with Crippen LogP contribution < -0.4 is 5.32 Å². The van der Waals surface area contributed by atoms with Crippen LogP contribution in [0.2, 0.25) is 0 Å². The SMILES string of the molecule is O=C(CCS(=O)(=O)C(F)(F)F)N1CCc2c(cccc2Nc2ccc(C(F)(F)F)nc2)C1. The fraction of sp³-hybridized carbons (Fsp3) is 0.368. The summed E-state index contributed by atoms with van der Waals surface area (Å²) in [5.41, 5.74) is -4.04. The largest absolute Gasteiger partial charge is 0.497 e. The highest BCUT2D eigenvalue weighted by Crippen LogP contribution is 2.31. The van der Waals surface area contributed by atoms with Gasteiger partial charge in [-0.05, 0) is 35.7 Å². The van der Waals surface area contributed by atoms with Crippen molar-refractivity contribution < 1.29 is 39.6 Å². The maximum absolute atomic E-state index is 12.6. The number of nitrogens with zero attached hydrogens (tertiary/aromatic N) is 2. The van der Waals surface area contributed by atoms with E-state index < -0.39 is 45.3 Å². The summed E-state index contributed by atoms with van der Waals surface area (Å²) >= 11 is 0. The van der Waals surface area contributed by atoms with Gasteiger partial charge in [-0.2, -0.15) is 26.3 Å². The van der Waals surface area contributed by atoms with Crippen LogP contribution in [0, 0.1) is 0 Å². The van der Waals surface area contributed by atoms with Gasteiger partial charge in [-0.1, -0.05) is 12.1 Å². The molecule has 0 spiro atoms. The number of benzene rings is 1. The molecule has 0 atom stereocenters. The number of alkyl halides is 6. The standard InChI is InChI=1S/C19H17F6N3O3S/c20-18(21,22)16-5-4-13(10-26-16)27-15-3-1-2-12-11-28(8-6-14(12)15)17(29)7-9-32(30,31)19(23,24)25/h1-5,10,27H,6-9,11H2. The molecule has 0 saturated heterocycles. The van der Waals surface area contributed by atoms with Gasteiger partial charge in [-0.3, -0.25) is 4.79 Å². The maximum Gasteiger partial charge on any atom is 0.497 e. The minimum absolute atomic E-state index is 0.0705. The first-order chi connectivity index (χ1) is 14.8. The minimum Gasteiger partial charge on any atom is -0.354 e. The second-order valence-electron chi connectivity index (χ2n) is 7.08. The van der Waals surface area contributed by atoms with Gasteiger partial charge in [0.1, 0.15) is 5.69 Å². The predicted octanol–water partition coefficient (Wildman–Crippen LogP) is 4.05. The maximum atomic E-state index is 12.6. The molecule has 1 N–H and O–H groups in total. The number of aromatic nitrogens is 1. The third kappa shape index (κ3) is 5.31. The first-order valence-corrected chi connectivity index (χ1v) is 10.9. The van der Waals surface area contributed by atoms with Gasteiger partial charge in [0.15, 0.2) is 0 Å². The average molecular weight is 481 g/mol. The van der Waals surface area contributed by atoms with Crippen molar-refractivity contribution >= 4 is 27.1 Å². The van der Waals surface area contributed by atoms with Crippen LogP contribution in [-0.4, -0.2) is 42.0 Å². The van der Waals surface area contributed by atoms with E-state index in [0.29, 0.717) is 23.4 Å². The lowest BCUT2D eigenvalue weighted by molar-refractivity contribution is -0.141. The lowest BCUT2D eigenvalue weighted by Crippen LogP contribution is -2.38. The van der Waals surface area contributed by atoms with Crippen LogP contribution >= 0.6 is 0 Å². The molecule has 1 aromatic heterocycles. The molecule has 2 aromatic rings. The molecule has 0 bridgehead atoms. The van der Waals surface area contributed by atoms with E-state index in [2.05, 4.69) is 10.3 Å². The number of amides is 1. The predicted molar refractivity (Wildman–Crippen MR) is 103 cm³/mol. The molecule has 174 valence electrons. The van der Waals surface area contributed by atoms with E-state index >= 15 is 0 Å². The summed E-state index contributed by atoms with van der Waals surface area (Å²) in [4.78, 5) is 16.9. The van der Waals surface area contributed by atoms with Gasteiger partial charge < -0.3 is 10.2 Å². The Morgan fingerprint density at radius 1 is 1.09 bits per heavy atom. The molecule has 2 heterocycles. The average Bonchev–Trinajstić information content (AvgIpc) is 2.71.